The number of unbranched alkanes of at least 4 members (excludes halogenated alkanes) is 1. The van der Waals surface area contributed by atoms with Crippen LogP contribution in [0.3, 0.4) is 0 Å². The van der Waals surface area contributed by atoms with Crippen LogP contribution in [0.2, 0.25) is 0 Å². The molecule has 0 aromatic carbocycles. The summed E-state index contributed by atoms with van der Waals surface area (Å²) in [5.74, 6) is 0.584. The second-order valence-corrected chi connectivity index (χ2v) is 6.06. The largest absolute Gasteiger partial charge is 0.382 e. The molecule has 1 atom stereocenters. The zero-order chi connectivity index (χ0) is 15.1. The van der Waals surface area contributed by atoms with Gasteiger partial charge in [-0.2, -0.15) is 4.37 Å². The van der Waals surface area contributed by atoms with Gasteiger partial charge in [0, 0.05) is 24.0 Å². The van der Waals surface area contributed by atoms with Crippen LogP contribution in [-0.4, -0.2) is 15.4 Å². The van der Waals surface area contributed by atoms with Gasteiger partial charge in [0.05, 0.1) is 5.56 Å². The lowest BCUT2D eigenvalue weighted by molar-refractivity contribution is 0.565. The van der Waals surface area contributed by atoms with Crippen LogP contribution in [0.25, 0.3) is 11.1 Å². The van der Waals surface area contributed by atoms with Crippen LogP contribution in [-0.2, 0) is 0 Å². The Kier molecular flexibility index (Phi) is 5.99. The summed E-state index contributed by atoms with van der Waals surface area (Å²) in [4.78, 5) is 4.18. The van der Waals surface area contributed by atoms with E-state index in [1.54, 1.807) is 6.20 Å². The van der Waals surface area contributed by atoms with E-state index in [0.717, 1.165) is 16.1 Å². The van der Waals surface area contributed by atoms with E-state index in [1.807, 2.05) is 18.3 Å². The monoisotopic (exact) mass is 304 g/mol. The predicted molar refractivity (Wildman–Crippen MR) is 91.6 cm³/mol. The molecule has 0 saturated carbocycles. The van der Waals surface area contributed by atoms with Crippen LogP contribution in [0.4, 0.5) is 10.8 Å². The molecule has 21 heavy (non-hydrogen) atoms. The lowest BCUT2D eigenvalue weighted by Gasteiger charge is -2.18. The summed E-state index contributed by atoms with van der Waals surface area (Å²) < 4.78 is 4.32. The van der Waals surface area contributed by atoms with Crippen LogP contribution < -0.4 is 11.1 Å². The van der Waals surface area contributed by atoms with Gasteiger partial charge in [-0.3, -0.25) is 4.98 Å². The van der Waals surface area contributed by atoms with E-state index in [9.17, 15) is 0 Å². The van der Waals surface area contributed by atoms with Gasteiger partial charge in [0.15, 0.2) is 0 Å². The Labute approximate surface area is 131 Å². The quantitative estimate of drug-likeness (QED) is 0.750. The minimum absolute atomic E-state index is 0.491. The highest BCUT2D eigenvalue weighted by Crippen LogP contribution is 2.37. The van der Waals surface area contributed by atoms with Crippen molar-refractivity contribution in [3.63, 3.8) is 0 Å². The van der Waals surface area contributed by atoms with Crippen molar-refractivity contribution in [3.05, 3.63) is 24.5 Å². The number of nitrogens with two attached hydrogens (primary N) is 1. The number of anilines is 2. The number of nitrogen functional groups attached to an aromatic ring is 1. The van der Waals surface area contributed by atoms with Gasteiger partial charge >= 0.3 is 0 Å². The minimum atomic E-state index is 0.491. The molecule has 4 nitrogen and oxygen atoms in total. The first-order valence-electron chi connectivity index (χ1n) is 7.68. The molecule has 3 N–H and O–H groups in total. The van der Waals surface area contributed by atoms with Gasteiger partial charge in [0.25, 0.3) is 0 Å². The van der Waals surface area contributed by atoms with Crippen molar-refractivity contribution in [1.82, 2.24) is 9.36 Å². The average molecular weight is 304 g/mol. The van der Waals surface area contributed by atoms with Crippen LogP contribution in [0.15, 0.2) is 24.5 Å². The first-order chi connectivity index (χ1) is 10.3. The molecule has 0 aliphatic rings. The second-order valence-electron chi connectivity index (χ2n) is 5.29. The summed E-state index contributed by atoms with van der Waals surface area (Å²) in [5, 5.41) is 4.72. The first kappa shape index (κ1) is 15.8. The number of rotatable bonds is 8. The van der Waals surface area contributed by atoms with Crippen LogP contribution >= 0.6 is 11.5 Å². The Hall–Kier alpha value is -1.62. The summed E-state index contributed by atoms with van der Waals surface area (Å²) >= 11 is 1.44. The SMILES string of the molecule is CCCCC(CCC)Nc1snc(N)c1-c1cccnc1. The molecular weight excluding hydrogens is 280 g/mol. The number of nitrogens with one attached hydrogen (secondary N) is 1. The zero-order valence-corrected chi connectivity index (χ0v) is 13.6. The van der Waals surface area contributed by atoms with Crippen molar-refractivity contribution < 1.29 is 0 Å². The third kappa shape index (κ3) is 4.17. The lowest BCUT2D eigenvalue weighted by atomic mass is 10.0. The molecule has 1 unspecified atom stereocenters. The van der Waals surface area contributed by atoms with Gasteiger partial charge in [0.2, 0.25) is 0 Å². The van der Waals surface area contributed by atoms with Crippen molar-refractivity contribution in [2.45, 2.75) is 52.0 Å². The van der Waals surface area contributed by atoms with Gasteiger partial charge in [0.1, 0.15) is 10.8 Å². The zero-order valence-electron chi connectivity index (χ0n) is 12.8. The summed E-state index contributed by atoms with van der Waals surface area (Å²) in [6, 6.07) is 4.45. The van der Waals surface area contributed by atoms with Gasteiger partial charge < -0.3 is 11.1 Å². The fourth-order valence-electron chi connectivity index (χ4n) is 2.46. The van der Waals surface area contributed by atoms with E-state index in [2.05, 4.69) is 28.5 Å². The van der Waals surface area contributed by atoms with Gasteiger partial charge in [-0.25, -0.2) is 0 Å². The van der Waals surface area contributed by atoms with Gasteiger partial charge in [-0.1, -0.05) is 39.2 Å². The molecule has 2 heterocycles. The molecule has 0 aliphatic heterocycles. The standard InChI is InChI=1S/C16H24N4S/c1-3-5-9-13(7-4-2)19-16-14(15(17)20-21-16)12-8-6-10-18-11-12/h6,8,10-11,13,19H,3-5,7,9H2,1-2H3,(H2,17,20). The molecule has 0 aliphatic carbocycles. The maximum Gasteiger partial charge on any atom is 0.147 e. The van der Waals surface area contributed by atoms with Gasteiger partial charge in [-0.05, 0) is 30.4 Å². The van der Waals surface area contributed by atoms with Crippen molar-refractivity contribution >= 4 is 22.4 Å². The molecule has 2 aromatic heterocycles. The maximum atomic E-state index is 6.05. The summed E-state index contributed by atoms with van der Waals surface area (Å²) in [5.41, 5.74) is 8.07. The third-order valence-corrected chi connectivity index (χ3v) is 4.34. The molecule has 0 spiro atoms. The molecule has 2 rings (SSSR count). The van der Waals surface area contributed by atoms with E-state index in [4.69, 9.17) is 5.73 Å². The third-order valence-electron chi connectivity index (χ3n) is 3.55. The molecule has 2 aromatic rings. The van der Waals surface area contributed by atoms with E-state index in [1.165, 1.54) is 43.6 Å². The number of pyridine rings is 1. The van der Waals surface area contributed by atoms with Crippen LogP contribution in [0.5, 0.6) is 0 Å². The van der Waals surface area contributed by atoms with E-state index >= 15 is 0 Å². The number of nitrogens with zero attached hydrogens (tertiary/aromatic N) is 2. The Balaban J connectivity index is 2.20. The maximum absolute atomic E-state index is 6.05. The Bertz CT molecular complexity index is 538. The number of aromatic nitrogens is 2. The van der Waals surface area contributed by atoms with Crippen molar-refractivity contribution in [2.24, 2.45) is 0 Å². The van der Waals surface area contributed by atoms with Gasteiger partial charge in [-0.15, -0.1) is 0 Å². The molecule has 5 heteroatoms. The highest BCUT2D eigenvalue weighted by molar-refractivity contribution is 7.11. The van der Waals surface area contributed by atoms with Crippen LogP contribution in [0, 0.1) is 0 Å². The topological polar surface area (TPSA) is 63.8 Å². The van der Waals surface area contributed by atoms with E-state index in [-0.39, 0.29) is 0 Å². The second kappa shape index (κ2) is 7.98. The Morgan fingerprint density at radius 1 is 1.29 bits per heavy atom. The van der Waals surface area contributed by atoms with Crippen molar-refractivity contribution in [3.8, 4) is 11.1 Å². The Morgan fingerprint density at radius 2 is 2.14 bits per heavy atom. The van der Waals surface area contributed by atoms with Crippen molar-refractivity contribution in [2.75, 3.05) is 11.1 Å². The average Bonchev–Trinajstić information content (AvgIpc) is 2.86. The number of hydrogen-bond donors (Lipinski definition) is 2. The normalized spacial score (nSPS) is 12.3. The van der Waals surface area contributed by atoms with Crippen molar-refractivity contribution in [1.29, 1.82) is 0 Å². The highest BCUT2D eigenvalue weighted by Gasteiger charge is 2.16. The predicted octanol–water partition coefficient (Wildman–Crippen LogP) is 4.56. The molecule has 0 amide bonds. The fraction of sp³-hybridized carbons (Fsp3) is 0.500. The first-order valence-corrected chi connectivity index (χ1v) is 8.45. The summed E-state index contributed by atoms with van der Waals surface area (Å²) in [6.07, 6.45) is 9.62. The molecule has 114 valence electrons. The van der Waals surface area contributed by atoms with E-state index in [0.29, 0.717) is 11.9 Å². The minimum Gasteiger partial charge on any atom is -0.382 e. The molecule has 0 saturated heterocycles. The lowest BCUT2D eigenvalue weighted by Crippen LogP contribution is -2.18. The number of hydrogen-bond acceptors (Lipinski definition) is 5. The molecule has 0 radical (unpaired) electrons. The van der Waals surface area contributed by atoms with E-state index < -0.39 is 0 Å². The smallest absolute Gasteiger partial charge is 0.147 e. The molecule has 0 bridgehead atoms. The Morgan fingerprint density at radius 3 is 2.81 bits per heavy atom. The highest BCUT2D eigenvalue weighted by atomic mass is 32.1. The molecular formula is C16H24N4S. The fourth-order valence-corrected chi connectivity index (χ4v) is 3.28. The molecule has 0 fully saturated rings. The van der Waals surface area contributed by atoms with Crippen LogP contribution in [0.1, 0.15) is 46.0 Å². The summed E-state index contributed by atoms with van der Waals surface area (Å²) in [6.45, 7) is 4.46. The summed E-state index contributed by atoms with van der Waals surface area (Å²) in [7, 11) is 0.